The minimum Gasteiger partial charge on any atom is -0.352 e. The highest BCUT2D eigenvalue weighted by molar-refractivity contribution is 6.34. The van der Waals surface area contributed by atoms with E-state index in [1.54, 1.807) is 12.1 Å². The largest absolute Gasteiger partial charge is 0.352 e. The molecule has 0 aromatic heterocycles. The number of fused-ring (bicyclic) bond motifs is 5. The first-order valence-corrected chi connectivity index (χ1v) is 9.04. The Hall–Kier alpha value is -2.14. The topological polar surface area (TPSA) is 66.5 Å². The Bertz CT molecular complexity index is 774. The Morgan fingerprint density at radius 3 is 2.40 bits per heavy atom. The lowest BCUT2D eigenvalue weighted by Crippen LogP contribution is -2.33. The number of carbonyl (C=O) groups excluding carboxylic acids is 3. The van der Waals surface area contributed by atoms with Crippen molar-refractivity contribution in [3.63, 3.8) is 0 Å². The van der Waals surface area contributed by atoms with Gasteiger partial charge in [0.1, 0.15) is 0 Å². The predicted octanol–water partition coefficient (Wildman–Crippen LogP) is 2.79. The fourth-order valence-corrected chi connectivity index (χ4v) is 4.58. The van der Waals surface area contributed by atoms with Gasteiger partial charge in [-0.05, 0) is 42.9 Å². The van der Waals surface area contributed by atoms with Gasteiger partial charge in [-0.25, -0.2) is 4.90 Å². The summed E-state index contributed by atoms with van der Waals surface area (Å²) in [6.07, 6.45) is 5.86. The van der Waals surface area contributed by atoms with Crippen molar-refractivity contribution in [2.45, 2.75) is 19.8 Å². The van der Waals surface area contributed by atoms with Crippen molar-refractivity contribution in [3.8, 4) is 0 Å². The van der Waals surface area contributed by atoms with Gasteiger partial charge in [0, 0.05) is 6.54 Å². The number of amides is 3. The molecular formula is C19H19ClN2O3. The van der Waals surface area contributed by atoms with Crippen LogP contribution < -0.4 is 10.2 Å². The van der Waals surface area contributed by atoms with Crippen molar-refractivity contribution in [3.05, 3.63) is 40.9 Å². The monoisotopic (exact) mass is 358 g/mol. The van der Waals surface area contributed by atoms with Crippen molar-refractivity contribution in [1.29, 1.82) is 0 Å². The zero-order valence-corrected chi connectivity index (χ0v) is 14.6. The van der Waals surface area contributed by atoms with E-state index in [0.717, 1.165) is 12.8 Å². The molecule has 6 heteroatoms. The van der Waals surface area contributed by atoms with Crippen LogP contribution in [0.25, 0.3) is 0 Å². The van der Waals surface area contributed by atoms with Gasteiger partial charge in [0.2, 0.25) is 11.8 Å². The Morgan fingerprint density at radius 1 is 1.20 bits per heavy atom. The second-order valence-electron chi connectivity index (χ2n) is 6.93. The molecule has 0 radical (unpaired) electrons. The predicted molar refractivity (Wildman–Crippen MR) is 94.3 cm³/mol. The Morgan fingerprint density at radius 2 is 1.84 bits per heavy atom. The highest BCUT2D eigenvalue weighted by atomic mass is 35.5. The van der Waals surface area contributed by atoms with Gasteiger partial charge in [0.15, 0.2) is 0 Å². The van der Waals surface area contributed by atoms with Crippen LogP contribution in [0.2, 0.25) is 5.02 Å². The number of hydrogen-bond acceptors (Lipinski definition) is 3. The molecule has 25 heavy (non-hydrogen) atoms. The average Bonchev–Trinajstić information content (AvgIpc) is 3.26. The van der Waals surface area contributed by atoms with Gasteiger partial charge >= 0.3 is 0 Å². The van der Waals surface area contributed by atoms with Gasteiger partial charge in [0.25, 0.3) is 5.91 Å². The standard InChI is InChI=1S/C19H19ClN2O3/c1-2-7-21-17(23)13-6-5-12(9-14(13)20)22-18(24)15-10-3-4-11(8-10)16(15)19(22)25/h3-6,9-11,15-16H,2,7-8H2,1H3,(H,21,23)/t10-,11-,15-,16-/m0/s1. The van der Waals surface area contributed by atoms with Crippen molar-refractivity contribution in [1.82, 2.24) is 5.32 Å². The summed E-state index contributed by atoms with van der Waals surface area (Å²) >= 11 is 6.24. The molecule has 1 N–H and O–H groups in total. The Kier molecular flexibility index (Phi) is 3.91. The lowest BCUT2D eigenvalue weighted by atomic mass is 9.85. The summed E-state index contributed by atoms with van der Waals surface area (Å²) in [5.41, 5.74) is 0.792. The molecule has 0 spiro atoms. The highest BCUT2D eigenvalue weighted by Crippen LogP contribution is 2.53. The number of rotatable bonds is 4. The van der Waals surface area contributed by atoms with Crippen LogP contribution in [0.5, 0.6) is 0 Å². The lowest BCUT2D eigenvalue weighted by molar-refractivity contribution is -0.123. The summed E-state index contributed by atoms with van der Waals surface area (Å²) in [6, 6.07) is 4.73. The van der Waals surface area contributed by atoms with E-state index < -0.39 is 0 Å². The number of nitrogens with zero attached hydrogens (tertiary/aromatic N) is 1. The number of allylic oxidation sites excluding steroid dienone is 2. The van der Waals surface area contributed by atoms with Gasteiger partial charge in [-0.3, -0.25) is 14.4 Å². The third kappa shape index (κ3) is 2.41. The van der Waals surface area contributed by atoms with E-state index in [0.29, 0.717) is 17.8 Å². The summed E-state index contributed by atoms with van der Waals surface area (Å²) in [5, 5.41) is 3.01. The normalized spacial score (nSPS) is 29.4. The number of halogens is 1. The molecule has 2 bridgehead atoms. The summed E-state index contributed by atoms with van der Waals surface area (Å²) in [6.45, 7) is 2.54. The molecule has 3 aliphatic rings. The van der Waals surface area contributed by atoms with Crippen LogP contribution in [0, 0.1) is 23.7 Å². The number of benzene rings is 1. The Labute approximate surface area is 151 Å². The number of nitrogens with one attached hydrogen (secondary N) is 1. The van der Waals surface area contributed by atoms with E-state index in [9.17, 15) is 14.4 Å². The molecule has 0 unspecified atom stereocenters. The first kappa shape index (κ1) is 16.3. The molecule has 5 nitrogen and oxygen atoms in total. The minimum atomic E-state index is -0.253. The lowest BCUT2D eigenvalue weighted by Gasteiger charge is -2.18. The summed E-state index contributed by atoms with van der Waals surface area (Å²) in [5.74, 6) is -0.687. The van der Waals surface area contributed by atoms with Crippen LogP contribution in [0.1, 0.15) is 30.1 Å². The second-order valence-corrected chi connectivity index (χ2v) is 7.34. The molecule has 1 aromatic carbocycles. The van der Waals surface area contributed by atoms with Crippen molar-refractivity contribution < 1.29 is 14.4 Å². The number of hydrogen-bond donors (Lipinski definition) is 1. The second kappa shape index (κ2) is 5.99. The maximum Gasteiger partial charge on any atom is 0.252 e. The van der Waals surface area contributed by atoms with Crippen LogP contribution in [-0.4, -0.2) is 24.3 Å². The van der Waals surface area contributed by atoms with E-state index in [4.69, 9.17) is 11.6 Å². The first-order chi connectivity index (χ1) is 12.0. The van der Waals surface area contributed by atoms with E-state index in [2.05, 4.69) is 17.5 Å². The van der Waals surface area contributed by atoms with Crippen LogP contribution in [-0.2, 0) is 9.59 Å². The quantitative estimate of drug-likeness (QED) is 0.664. The molecule has 4 atom stereocenters. The van der Waals surface area contributed by atoms with Crippen molar-refractivity contribution in [2.24, 2.45) is 23.7 Å². The van der Waals surface area contributed by atoms with E-state index >= 15 is 0 Å². The molecule has 1 heterocycles. The first-order valence-electron chi connectivity index (χ1n) is 8.66. The van der Waals surface area contributed by atoms with E-state index in [-0.39, 0.29) is 46.4 Å². The molecule has 3 amide bonds. The number of imide groups is 1. The SMILES string of the molecule is CCCNC(=O)c1ccc(N2C(=O)[C@@H]3[C@@H](C2=O)[C@H]2C=C[C@H]3C2)cc1Cl. The van der Waals surface area contributed by atoms with Gasteiger partial charge in [-0.2, -0.15) is 0 Å². The maximum atomic E-state index is 12.8. The van der Waals surface area contributed by atoms with E-state index in [1.807, 2.05) is 6.92 Å². The molecule has 4 rings (SSSR count). The highest BCUT2D eigenvalue weighted by Gasteiger charge is 2.59. The smallest absolute Gasteiger partial charge is 0.252 e. The third-order valence-electron chi connectivity index (χ3n) is 5.46. The zero-order valence-electron chi connectivity index (χ0n) is 13.9. The van der Waals surface area contributed by atoms with E-state index in [1.165, 1.54) is 11.0 Å². The molecule has 2 fully saturated rings. The van der Waals surface area contributed by atoms with Crippen LogP contribution in [0.15, 0.2) is 30.4 Å². The number of anilines is 1. The summed E-state index contributed by atoms with van der Waals surface area (Å²) < 4.78 is 0. The summed E-state index contributed by atoms with van der Waals surface area (Å²) in [4.78, 5) is 39.0. The number of carbonyl (C=O) groups is 3. The molecule has 1 aromatic rings. The molecule has 1 aliphatic heterocycles. The zero-order chi connectivity index (χ0) is 17.7. The molecule has 1 saturated carbocycles. The Balaban J connectivity index is 1.61. The van der Waals surface area contributed by atoms with Crippen LogP contribution in [0.4, 0.5) is 5.69 Å². The molecule has 1 saturated heterocycles. The molecule has 2 aliphatic carbocycles. The fraction of sp³-hybridized carbons (Fsp3) is 0.421. The van der Waals surface area contributed by atoms with Gasteiger partial charge in [0.05, 0.1) is 28.1 Å². The fourth-order valence-electron chi connectivity index (χ4n) is 4.32. The van der Waals surface area contributed by atoms with Crippen molar-refractivity contribution in [2.75, 3.05) is 11.4 Å². The van der Waals surface area contributed by atoms with Gasteiger partial charge in [-0.15, -0.1) is 0 Å². The maximum absolute atomic E-state index is 12.8. The molecule has 130 valence electrons. The van der Waals surface area contributed by atoms with Crippen LogP contribution >= 0.6 is 11.6 Å². The summed E-state index contributed by atoms with van der Waals surface area (Å²) in [7, 11) is 0. The van der Waals surface area contributed by atoms with Crippen LogP contribution in [0.3, 0.4) is 0 Å². The van der Waals surface area contributed by atoms with Gasteiger partial charge in [-0.1, -0.05) is 30.7 Å². The average molecular weight is 359 g/mol. The van der Waals surface area contributed by atoms with Gasteiger partial charge < -0.3 is 5.32 Å². The van der Waals surface area contributed by atoms with Crippen molar-refractivity contribution >= 4 is 35.0 Å². The third-order valence-corrected chi connectivity index (χ3v) is 5.77. The minimum absolute atomic E-state index is 0.147. The molecular weight excluding hydrogens is 340 g/mol.